The van der Waals surface area contributed by atoms with E-state index in [4.69, 9.17) is 4.52 Å². The van der Waals surface area contributed by atoms with E-state index in [0.29, 0.717) is 16.9 Å². The van der Waals surface area contributed by atoms with Crippen molar-refractivity contribution in [3.8, 4) is 11.4 Å². The van der Waals surface area contributed by atoms with Gasteiger partial charge in [0.1, 0.15) is 0 Å². The number of aromatic nitrogens is 5. The lowest BCUT2D eigenvalue weighted by atomic mass is 10.1. The summed E-state index contributed by atoms with van der Waals surface area (Å²) in [5.74, 6) is 1.97. The van der Waals surface area contributed by atoms with Crippen molar-refractivity contribution in [2.75, 3.05) is 0 Å². The molecule has 2 aromatic heterocycles. The molecule has 2 heterocycles. The molecule has 0 aliphatic rings. The number of hydrogen-bond acceptors (Lipinski definition) is 6. The Balaban J connectivity index is 1.74. The monoisotopic (exact) mass is 301 g/mol. The van der Waals surface area contributed by atoms with Gasteiger partial charge in [0.2, 0.25) is 11.0 Å². The molecule has 21 heavy (non-hydrogen) atoms. The minimum Gasteiger partial charge on any atom is -0.338 e. The molecule has 1 aromatic carbocycles. The van der Waals surface area contributed by atoms with Crippen molar-refractivity contribution in [2.45, 2.75) is 31.2 Å². The molecule has 0 spiro atoms. The maximum Gasteiger partial charge on any atom is 0.239 e. The molecule has 0 saturated heterocycles. The molecule has 0 fully saturated rings. The van der Waals surface area contributed by atoms with Crippen LogP contribution in [0, 0.1) is 13.8 Å². The minimum absolute atomic E-state index is 0.00729. The van der Waals surface area contributed by atoms with Crippen LogP contribution in [0.2, 0.25) is 0 Å². The van der Waals surface area contributed by atoms with Crippen molar-refractivity contribution in [1.29, 1.82) is 0 Å². The van der Waals surface area contributed by atoms with Crippen LogP contribution >= 0.6 is 11.8 Å². The molecular weight excluding hydrogens is 286 g/mol. The Labute approximate surface area is 126 Å². The van der Waals surface area contributed by atoms with Gasteiger partial charge in [-0.25, -0.2) is 4.98 Å². The molecule has 0 bridgehead atoms. The fourth-order valence-corrected chi connectivity index (χ4v) is 2.58. The highest BCUT2D eigenvalue weighted by molar-refractivity contribution is 7.99. The van der Waals surface area contributed by atoms with Crippen LogP contribution in [0.1, 0.15) is 29.5 Å². The first kappa shape index (κ1) is 13.8. The molecule has 0 radical (unpaired) electrons. The van der Waals surface area contributed by atoms with Gasteiger partial charge in [0.05, 0.1) is 5.25 Å². The van der Waals surface area contributed by atoms with E-state index >= 15 is 0 Å². The van der Waals surface area contributed by atoms with E-state index in [2.05, 4.69) is 44.4 Å². The second kappa shape index (κ2) is 5.69. The number of thioether (sulfide) groups is 1. The molecule has 0 aliphatic heterocycles. The number of aryl methyl sites for hydroxylation is 2. The van der Waals surface area contributed by atoms with Gasteiger partial charge in [-0.15, -0.1) is 5.10 Å². The Hall–Kier alpha value is -2.15. The highest BCUT2D eigenvalue weighted by atomic mass is 32.2. The van der Waals surface area contributed by atoms with Gasteiger partial charge < -0.3 is 4.52 Å². The van der Waals surface area contributed by atoms with Crippen LogP contribution in [-0.2, 0) is 0 Å². The van der Waals surface area contributed by atoms with Gasteiger partial charge in [0.15, 0.2) is 11.6 Å². The summed E-state index contributed by atoms with van der Waals surface area (Å²) < 4.78 is 5.16. The fraction of sp³-hybridized carbons (Fsp3) is 0.286. The molecule has 1 N–H and O–H groups in total. The smallest absolute Gasteiger partial charge is 0.239 e. The standard InChI is InChI=1S/C14H15N5OS/c1-8-4-6-11(7-5-8)12-16-14(18-17-12)21-9(2)13-15-10(3)19-20-13/h4-7,9H,1-3H3,(H,16,17,18)/t9-/m0/s1. The summed E-state index contributed by atoms with van der Waals surface area (Å²) in [6, 6.07) is 8.15. The molecule has 0 amide bonds. The van der Waals surface area contributed by atoms with Crippen molar-refractivity contribution in [2.24, 2.45) is 0 Å². The predicted octanol–water partition coefficient (Wildman–Crippen LogP) is 3.32. The molecule has 0 unspecified atom stereocenters. The van der Waals surface area contributed by atoms with Gasteiger partial charge >= 0.3 is 0 Å². The average Bonchev–Trinajstić information content (AvgIpc) is 3.09. The van der Waals surface area contributed by atoms with Crippen LogP contribution in [0.15, 0.2) is 33.9 Å². The highest BCUT2D eigenvalue weighted by Gasteiger charge is 2.17. The first-order valence-corrected chi connectivity index (χ1v) is 7.46. The molecular formula is C14H15N5OS. The van der Waals surface area contributed by atoms with Gasteiger partial charge in [-0.2, -0.15) is 4.98 Å². The SMILES string of the molecule is Cc1ccc(-c2nc(S[C@@H](C)c3nc(C)no3)n[nH]2)cc1. The normalized spacial score (nSPS) is 12.5. The van der Waals surface area contributed by atoms with Crippen molar-refractivity contribution in [3.05, 3.63) is 41.5 Å². The van der Waals surface area contributed by atoms with E-state index in [1.54, 1.807) is 6.92 Å². The number of hydrogen-bond donors (Lipinski definition) is 1. The topological polar surface area (TPSA) is 80.5 Å². The zero-order chi connectivity index (χ0) is 14.8. The third-order valence-corrected chi connectivity index (χ3v) is 3.91. The molecule has 6 nitrogen and oxygen atoms in total. The quantitative estimate of drug-likeness (QED) is 0.744. The molecule has 7 heteroatoms. The fourth-order valence-electron chi connectivity index (χ4n) is 1.83. The van der Waals surface area contributed by atoms with Crippen LogP contribution in [0.5, 0.6) is 0 Å². The van der Waals surface area contributed by atoms with E-state index in [1.807, 2.05) is 19.1 Å². The lowest BCUT2D eigenvalue weighted by Crippen LogP contribution is -1.89. The number of aromatic amines is 1. The summed E-state index contributed by atoms with van der Waals surface area (Å²) in [6.45, 7) is 5.84. The van der Waals surface area contributed by atoms with E-state index in [1.165, 1.54) is 17.3 Å². The van der Waals surface area contributed by atoms with Crippen LogP contribution in [-0.4, -0.2) is 25.3 Å². The summed E-state index contributed by atoms with van der Waals surface area (Å²) in [5.41, 5.74) is 2.23. The largest absolute Gasteiger partial charge is 0.338 e. The minimum atomic E-state index is 0.00729. The molecule has 3 rings (SSSR count). The zero-order valence-electron chi connectivity index (χ0n) is 12.0. The van der Waals surface area contributed by atoms with Crippen LogP contribution in [0.3, 0.4) is 0 Å². The van der Waals surface area contributed by atoms with Crippen LogP contribution < -0.4 is 0 Å². The van der Waals surface area contributed by atoms with Crippen LogP contribution in [0.4, 0.5) is 0 Å². The summed E-state index contributed by atoms with van der Waals surface area (Å²) in [4.78, 5) is 8.71. The lowest BCUT2D eigenvalue weighted by molar-refractivity contribution is 0.376. The summed E-state index contributed by atoms with van der Waals surface area (Å²) in [6.07, 6.45) is 0. The van der Waals surface area contributed by atoms with Gasteiger partial charge in [-0.05, 0) is 20.8 Å². The third kappa shape index (κ3) is 3.13. The number of benzene rings is 1. The molecule has 108 valence electrons. The van der Waals surface area contributed by atoms with Crippen molar-refractivity contribution in [3.63, 3.8) is 0 Å². The number of H-pyrrole nitrogens is 1. The molecule has 3 aromatic rings. The van der Waals surface area contributed by atoms with Gasteiger partial charge in [0, 0.05) is 5.56 Å². The summed E-state index contributed by atoms with van der Waals surface area (Å²) in [5, 5.41) is 11.6. The van der Waals surface area contributed by atoms with Gasteiger partial charge in [-0.3, -0.25) is 5.10 Å². The van der Waals surface area contributed by atoms with Crippen molar-refractivity contribution in [1.82, 2.24) is 25.3 Å². The highest BCUT2D eigenvalue weighted by Crippen LogP contribution is 2.32. The molecule has 0 saturated carbocycles. The maximum absolute atomic E-state index is 5.16. The molecule has 1 atom stereocenters. The van der Waals surface area contributed by atoms with E-state index in [0.717, 1.165) is 11.4 Å². The maximum atomic E-state index is 5.16. The van der Waals surface area contributed by atoms with E-state index in [9.17, 15) is 0 Å². The lowest BCUT2D eigenvalue weighted by Gasteiger charge is -2.01. The zero-order valence-corrected chi connectivity index (χ0v) is 12.8. The first-order valence-electron chi connectivity index (χ1n) is 6.58. The van der Waals surface area contributed by atoms with Crippen molar-refractivity contribution >= 4 is 11.8 Å². The average molecular weight is 301 g/mol. The Morgan fingerprint density at radius 2 is 1.90 bits per heavy atom. The third-order valence-electron chi connectivity index (χ3n) is 2.96. The van der Waals surface area contributed by atoms with Gasteiger partial charge in [-0.1, -0.05) is 46.7 Å². The van der Waals surface area contributed by atoms with Crippen LogP contribution in [0.25, 0.3) is 11.4 Å². The Morgan fingerprint density at radius 1 is 1.14 bits per heavy atom. The predicted molar refractivity (Wildman–Crippen MR) is 79.9 cm³/mol. The second-order valence-electron chi connectivity index (χ2n) is 4.77. The Morgan fingerprint density at radius 3 is 2.57 bits per heavy atom. The second-order valence-corrected chi connectivity index (χ2v) is 6.08. The Kier molecular flexibility index (Phi) is 3.74. The first-order chi connectivity index (χ1) is 10.1. The number of nitrogens with one attached hydrogen (secondary N) is 1. The van der Waals surface area contributed by atoms with E-state index in [-0.39, 0.29) is 5.25 Å². The Bertz CT molecular complexity index is 734. The molecule has 0 aliphatic carbocycles. The van der Waals surface area contributed by atoms with E-state index < -0.39 is 0 Å². The summed E-state index contributed by atoms with van der Waals surface area (Å²) >= 11 is 1.48. The summed E-state index contributed by atoms with van der Waals surface area (Å²) in [7, 11) is 0. The number of nitrogens with zero attached hydrogens (tertiary/aromatic N) is 4. The van der Waals surface area contributed by atoms with Crippen molar-refractivity contribution < 1.29 is 4.52 Å². The number of rotatable bonds is 4. The van der Waals surface area contributed by atoms with Gasteiger partial charge in [0.25, 0.3) is 0 Å².